The number of carboxylic acid groups (broad SMARTS) is 2. The van der Waals surface area contributed by atoms with Gasteiger partial charge in [-0.05, 0) is 23.8 Å². The Morgan fingerprint density at radius 1 is 1.00 bits per heavy atom. The van der Waals surface area contributed by atoms with E-state index in [0.717, 1.165) is 0 Å². The minimum absolute atomic E-state index is 0.0278. The molecular weight excluding hydrogens is 276 g/mol. The number of methoxy groups -OCH3 is 1. The molecule has 0 unspecified atom stereocenters. The maximum Gasteiger partial charge on any atom is 0.339 e. The number of hydrogen-bond donors (Lipinski definition) is 3. The van der Waals surface area contributed by atoms with Crippen molar-refractivity contribution in [1.29, 1.82) is 0 Å². The van der Waals surface area contributed by atoms with E-state index in [9.17, 15) is 14.7 Å². The molecule has 0 heterocycles. The number of aromatic hydroxyl groups is 1. The number of para-hydroxylation sites is 1. The van der Waals surface area contributed by atoms with Crippen molar-refractivity contribution in [3.05, 3.63) is 47.5 Å². The Balaban J connectivity index is 2.67. The van der Waals surface area contributed by atoms with Crippen molar-refractivity contribution in [2.45, 2.75) is 0 Å². The first-order valence-corrected chi connectivity index (χ1v) is 5.92. The van der Waals surface area contributed by atoms with Gasteiger partial charge >= 0.3 is 11.9 Å². The van der Waals surface area contributed by atoms with Gasteiger partial charge < -0.3 is 20.1 Å². The van der Waals surface area contributed by atoms with Gasteiger partial charge in [-0.1, -0.05) is 18.2 Å². The van der Waals surface area contributed by atoms with E-state index in [1.54, 1.807) is 6.07 Å². The van der Waals surface area contributed by atoms with Gasteiger partial charge in [0.2, 0.25) is 0 Å². The normalized spacial score (nSPS) is 10.1. The van der Waals surface area contributed by atoms with Crippen LogP contribution in [-0.4, -0.2) is 34.4 Å². The van der Waals surface area contributed by atoms with Gasteiger partial charge in [0.05, 0.1) is 7.11 Å². The van der Waals surface area contributed by atoms with Gasteiger partial charge in [-0.3, -0.25) is 0 Å². The molecule has 3 N–H and O–H groups in total. The largest absolute Gasteiger partial charge is 0.507 e. The molecule has 0 saturated carbocycles. The number of ether oxygens (including phenoxy) is 1. The quantitative estimate of drug-likeness (QED) is 0.798. The molecule has 0 aromatic heterocycles. The van der Waals surface area contributed by atoms with Gasteiger partial charge in [-0.2, -0.15) is 0 Å². The van der Waals surface area contributed by atoms with Crippen molar-refractivity contribution >= 4 is 11.9 Å². The van der Waals surface area contributed by atoms with E-state index in [2.05, 4.69) is 0 Å². The van der Waals surface area contributed by atoms with Crippen LogP contribution in [0.15, 0.2) is 36.4 Å². The summed E-state index contributed by atoms with van der Waals surface area (Å²) in [4.78, 5) is 22.2. The molecule has 108 valence electrons. The topological polar surface area (TPSA) is 104 Å². The van der Waals surface area contributed by atoms with Gasteiger partial charge in [-0.15, -0.1) is 0 Å². The molecule has 2 aromatic rings. The maximum atomic E-state index is 11.2. The third kappa shape index (κ3) is 2.64. The number of carbonyl (C=O) groups is 2. The number of phenols is 1. The molecule has 0 saturated heterocycles. The predicted octanol–water partition coefficient (Wildman–Crippen LogP) is 2.46. The second-order valence-corrected chi connectivity index (χ2v) is 4.23. The smallest absolute Gasteiger partial charge is 0.339 e. The second-order valence-electron chi connectivity index (χ2n) is 4.23. The van der Waals surface area contributed by atoms with E-state index >= 15 is 0 Å². The third-order valence-corrected chi connectivity index (χ3v) is 2.99. The zero-order valence-electron chi connectivity index (χ0n) is 11.0. The van der Waals surface area contributed by atoms with Crippen LogP contribution in [0.25, 0.3) is 11.1 Å². The molecule has 0 aliphatic carbocycles. The molecule has 0 atom stereocenters. The lowest BCUT2D eigenvalue weighted by atomic mass is 9.99. The molecule has 2 aromatic carbocycles. The van der Waals surface area contributed by atoms with Crippen LogP contribution < -0.4 is 4.74 Å². The highest BCUT2D eigenvalue weighted by atomic mass is 16.5. The van der Waals surface area contributed by atoms with Crippen LogP contribution >= 0.6 is 0 Å². The fourth-order valence-electron chi connectivity index (χ4n) is 2.03. The van der Waals surface area contributed by atoms with E-state index in [1.165, 1.54) is 37.4 Å². The molecule has 6 nitrogen and oxygen atoms in total. The monoisotopic (exact) mass is 288 g/mol. The summed E-state index contributed by atoms with van der Waals surface area (Å²) in [5, 5.41) is 27.7. The van der Waals surface area contributed by atoms with Crippen molar-refractivity contribution < 1.29 is 29.6 Å². The van der Waals surface area contributed by atoms with E-state index in [0.29, 0.717) is 11.1 Å². The fourth-order valence-corrected chi connectivity index (χ4v) is 2.03. The van der Waals surface area contributed by atoms with Crippen LogP contribution in [0.1, 0.15) is 20.7 Å². The average molecular weight is 288 g/mol. The molecule has 0 radical (unpaired) electrons. The summed E-state index contributed by atoms with van der Waals surface area (Å²) in [6.45, 7) is 0. The predicted molar refractivity (Wildman–Crippen MR) is 74.0 cm³/mol. The highest BCUT2D eigenvalue weighted by molar-refractivity contribution is 5.96. The molecule has 21 heavy (non-hydrogen) atoms. The summed E-state index contributed by atoms with van der Waals surface area (Å²) in [6, 6.07) is 8.54. The molecular formula is C15H12O6. The Labute approximate surface area is 119 Å². The number of carboxylic acids is 2. The van der Waals surface area contributed by atoms with Gasteiger partial charge in [0.15, 0.2) is 0 Å². The number of aromatic carboxylic acids is 2. The lowest BCUT2D eigenvalue weighted by molar-refractivity contribution is 0.0682. The van der Waals surface area contributed by atoms with Crippen LogP contribution in [0, 0.1) is 0 Å². The van der Waals surface area contributed by atoms with Crippen LogP contribution in [-0.2, 0) is 0 Å². The van der Waals surface area contributed by atoms with Gasteiger partial charge in [0, 0.05) is 5.56 Å². The summed E-state index contributed by atoms with van der Waals surface area (Å²) >= 11 is 0. The molecule has 2 rings (SSSR count). The zero-order valence-corrected chi connectivity index (χ0v) is 11.0. The summed E-state index contributed by atoms with van der Waals surface area (Å²) in [5.41, 5.74) is 0.570. The SMILES string of the molecule is COc1c(C(=O)O)cccc1-c1ccc(O)c(C(=O)O)c1. The van der Waals surface area contributed by atoms with Crippen molar-refractivity contribution in [2.24, 2.45) is 0 Å². The lowest BCUT2D eigenvalue weighted by Crippen LogP contribution is -2.02. The van der Waals surface area contributed by atoms with Crippen LogP contribution in [0.4, 0.5) is 0 Å². The highest BCUT2D eigenvalue weighted by Crippen LogP contribution is 2.35. The first-order valence-electron chi connectivity index (χ1n) is 5.92. The standard InChI is InChI=1S/C15H12O6/c1-21-13-9(3-2-4-10(13)14(17)18)8-5-6-12(16)11(7-8)15(19)20/h2-7,16H,1H3,(H,17,18)(H,19,20). The molecule has 0 fully saturated rings. The van der Waals surface area contributed by atoms with E-state index in [-0.39, 0.29) is 22.6 Å². The summed E-state index contributed by atoms with van der Waals surface area (Å²) < 4.78 is 5.13. The van der Waals surface area contributed by atoms with E-state index < -0.39 is 11.9 Å². The lowest BCUT2D eigenvalue weighted by Gasteiger charge is -2.12. The first-order chi connectivity index (χ1) is 9.95. The zero-order chi connectivity index (χ0) is 15.6. The Kier molecular flexibility index (Phi) is 3.80. The molecule has 0 bridgehead atoms. The summed E-state index contributed by atoms with van der Waals surface area (Å²) in [6.07, 6.45) is 0. The Bertz CT molecular complexity index is 720. The average Bonchev–Trinajstić information content (AvgIpc) is 2.46. The molecule has 0 aliphatic heterocycles. The van der Waals surface area contributed by atoms with Crippen molar-refractivity contribution in [3.8, 4) is 22.6 Å². The minimum Gasteiger partial charge on any atom is -0.507 e. The molecule has 6 heteroatoms. The Morgan fingerprint density at radius 2 is 1.67 bits per heavy atom. The molecule has 0 spiro atoms. The number of rotatable bonds is 4. The van der Waals surface area contributed by atoms with Crippen LogP contribution in [0.3, 0.4) is 0 Å². The molecule has 0 amide bonds. The van der Waals surface area contributed by atoms with Gasteiger partial charge in [0.1, 0.15) is 22.6 Å². The summed E-state index contributed by atoms with van der Waals surface area (Å²) in [7, 11) is 1.34. The van der Waals surface area contributed by atoms with Gasteiger partial charge in [0.25, 0.3) is 0 Å². The highest BCUT2D eigenvalue weighted by Gasteiger charge is 2.18. The van der Waals surface area contributed by atoms with Crippen molar-refractivity contribution in [2.75, 3.05) is 7.11 Å². The van der Waals surface area contributed by atoms with Crippen molar-refractivity contribution in [3.63, 3.8) is 0 Å². The van der Waals surface area contributed by atoms with Crippen LogP contribution in [0.2, 0.25) is 0 Å². The first kappa shape index (κ1) is 14.4. The number of hydrogen-bond acceptors (Lipinski definition) is 4. The Hall–Kier alpha value is -3.02. The van der Waals surface area contributed by atoms with Gasteiger partial charge in [-0.25, -0.2) is 9.59 Å². The number of benzene rings is 2. The minimum atomic E-state index is -1.28. The summed E-state index contributed by atoms with van der Waals surface area (Å²) in [5.74, 6) is -2.65. The molecule has 0 aliphatic rings. The fraction of sp³-hybridized carbons (Fsp3) is 0.0667. The third-order valence-electron chi connectivity index (χ3n) is 2.99. The second kappa shape index (κ2) is 5.54. The van der Waals surface area contributed by atoms with Crippen LogP contribution in [0.5, 0.6) is 11.5 Å². The van der Waals surface area contributed by atoms with E-state index in [1.807, 2.05) is 0 Å². The maximum absolute atomic E-state index is 11.2. The van der Waals surface area contributed by atoms with E-state index in [4.69, 9.17) is 14.9 Å². The Morgan fingerprint density at radius 3 is 2.24 bits per heavy atom. The van der Waals surface area contributed by atoms with Crippen molar-refractivity contribution in [1.82, 2.24) is 0 Å².